The minimum Gasteiger partial charge on any atom is -0.456 e. The molecule has 0 spiro atoms. The molecule has 0 bridgehead atoms. The summed E-state index contributed by atoms with van der Waals surface area (Å²) < 4.78 is 10.7. The van der Waals surface area contributed by atoms with E-state index in [1.807, 2.05) is 20.8 Å². The normalized spacial score (nSPS) is 23.0. The fourth-order valence-corrected chi connectivity index (χ4v) is 3.14. The Labute approximate surface area is 130 Å². The SMILES string of the molecule is Cc1cc(C(=O)N2CCC(N3CC(C)OC3=O)CC2)oc1C. The van der Waals surface area contributed by atoms with Gasteiger partial charge in [0.15, 0.2) is 5.76 Å². The van der Waals surface area contributed by atoms with Gasteiger partial charge in [0, 0.05) is 19.1 Å². The Hall–Kier alpha value is -1.98. The van der Waals surface area contributed by atoms with Crippen molar-refractivity contribution in [2.24, 2.45) is 0 Å². The van der Waals surface area contributed by atoms with Crippen molar-refractivity contribution in [2.75, 3.05) is 19.6 Å². The first-order valence-electron chi connectivity index (χ1n) is 7.79. The van der Waals surface area contributed by atoms with Gasteiger partial charge >= 0.3 is 6.09 Å². The molecule has 0 radical (unpaired) electrons. The Bertz CT molecular complexity index is 567. The first kappa shape index (κ1) is 14.9. The van der Waals surface area contributed by atoms with Gasteiger partial charge in [-0.1, -0.05) is 0 Å². The van der Waals surface area contributed by atoms with Crippen molar-refractivity contribution in [3.8, 4) is 0 Å². The third-order valence-electron chi connectivity index (χ3n) is 4.56. The van der Waals surface area contributed by atoms with Crippen molar-refractivity contribution in [1.29, 1.82) is 0 Å². The van der Waals surface area contributed by atoms with Crippen molar-refractivity contribution in [3.05, 3.63) is 23.2 Å². The van der Waals surface area contributed by atoms with Gasteiger partial charge in [0.05, 0.1) is 6.54 Å². The lowest BCUT2D eigenvalue weighted by atomic mass is 10.0. The molecule has 0 saturated carbocycles. The summed E-state index contributed by atoms with van der Waals surface area (Å²) in [7, 11) is 0. The first-order valence-corrected chi connectivity index (χ1v) is 7.79. The van der Waals surface area contributed by atoms with Crippen LogP contribution < -0.4 is 0 Å². The number of piperidine rings is 1. The maximum absolute atomic E-state index is 12.4. The Morgan fingerprint density at radius 2 is 1.95 bits per heavy atom. The van der Waals surface area contributed by atoms with Crippen molar-refractivity contribution < 1.29 is 18.7 Å². The van der Waals surface area contributed by atoms with E-state index in [-0.39, 0.29) is 24.1 Å². The van der Waals surface area contributed by atoms with Crippen molar-refractivity contribution in [1.82, 2.24) is 9.80 Å². The molecule has 3 rings (SSSR count). The van der Waals surface area contributed by atoms with E-state index in [2.05, 4.69) is 0 Å². The molecule has 1 atom stereocenters. The number of hydrogen-bond donors (Lipinski definition) is 0. The average molecular weight is 306 g/mol. The van der Waals surface area contributed by atoms with E-state index >= 15 is 0 Å². The zero-order valence-corrected chi connectivity index (χ0v) is 13.3. The molecule has 2 amide bonds. The molecule has 1 aromatic heterocycles. The van der Waals surface area contributed by atoms with E-state index < -0.39 is 0 Å². The second-order valence-corrected chi connectivity index (χ2v) is 6.22. The maximum Gasteiger partial charge on any atom is 0.410 e. The number of aryl methyl sites for hydroxylation is 2. The summed E-state index contributed by atoms with van der Waals surface area (Å²) in [6, 6.07) is 1.96. The van der Waals surface area contributed by atoms with E-state index in [0.29, 0.717) is 25.4 Å². The average Bonchev–Trinajstić information content (AvgIpc) is 3.01. The first-order chi connectivity index (χ1) is 10.5. The maximum atomic E-state index is 12.4. The zero-order chi connectivity index (χ0) is 15.9. The molecule has 1 aromatic rings. The number of ether oxygens (including phenoxy) is 1. The summed E-state index contributed by atoms with van der Waals surface area (Å²) in [5.74, 6) is 1.13. The van der Waals surface area contributed by atoms with Crippen LogP contribution in [0.1, 0.15) is 41.6 Å². The van der Waals surface area contributed by atoms with Crippen LogP contribution in [0.4, 0.5) is 4.79 Å². The van der Waals surface area contributed by atoms with Gasteiger partial charge < -0.3 is 19.0 Å². The third kappa shape index (κ3) is 2.69. The van der Waals surface area contributed by atoms with Crippen LogP contribution in [0.2, 0.25) is 0 Å². The van der Waals surface area contributed by atoms with Gasteiger partial charge in [-0.2, -0.15) is 0 Å². The lowest BCUT2D eigenvalue weighted by Gasteiger charge is -2.35. The summed E-state index contributed by atoms with van der Waals surface area (Å²) in [5, 5.41) is 0. The second-order valence-electron chi connectivity index (χ2n) is 6.22. The monoisotopic (exact) mass is 306 g/mol. The summed E-state index contributed by atoms with van der Waals surface area (Å²) in [5.41, 5.74) is 0.993. The largest absolute Gasteiger partial charge is 0.456 e. The molecular weight excluding hydrogens is 284 g/mol. The topological polar surface area (TPSA) is 63.0 Å². The molecule has 0 aromatic carbocycles. The van der Waals surface area contributed by atoms with E-state index in [4.69, 9.17) is 9.15 Å². The number of rotatable bonds is 2. The highest BCUT2D eigenvalue weighted by Crippen LogP contribution is 2.24. The van der Waals surface area contributed by atoms with Crippen LogP contribution in [0.25, 0.3) is 0 Å². The number of carbonyl (C=O) groups excluding carboxylic acids is 2. The summed E-state index contributed by atoms with van der Waals surface area (Å²) in [4.78, 5) is 27.8. The lowest BCUT2D eigenvalue weighted by Crippen LogP contribution is -2.47. The van der Waals surface area contributed by atoms with Gasteiger partial charge in [0.2, 0.25) is 0 Å². The van der Waals surface area contributed by atoms with E-state index in [1.54, 1.807) is 15.9 Å². The molecule has 1 unspecified atom stereocenters. The van der Waals surface area contributed by atoms with Gasteiger partial charge in [-0.15, -0.1) is 0 Å². The summed E-state index contributed by atoms with van der Waals surface area (Å²) in [6.45, 7) is 7.62. The number of carbonyl (C=O) groups is 2. The Morgan fingerprint density at radius 1 is 1.27 bits per heavy atom. The standard InChI is InChI=1S/C16H22N2O4/c1-10-8-14(22-12(10)3)15(19)17-6-4-13(5-7-17)18-9-11(2)21-16(18)20/h8,11,13H,4-7,9H2,1-3H3. The van der Waals surface area contributed by atoms with Gasteiger partial charge in [0.1, 0.15) is 11.9 Å². The van der Waals surface area contributed by atoms with Crippen LogP contribution in [-0.4, -0.2) is 53.6 Å². The van der Waals surface area contributed by atoms with Crippen LogP contribution in [0.5, 0.6) is 0 Å². The minimum absolute atomic E-state index is 0.0405. The summed E-state index contributed by atoms with van der Waals surface area (Å²) >= 11 is 0. The van der Waals surface area contributed by atoms with Crippen molar-refractivity contribution >= 4 is 12.0 Å². The van der Waals surface area contributed by atoms with Crippen LogP contribution in [0.15, 0.2) is 10.5 Å². The number of cyclic esters (lactones) is 1. The molecule has 2 aliphatic heterocycles. The van der Waals surface area contributed by atoms with Gasteiger partial charge in [-0.3, -0.25) is 4.79 Å². The van der Waals surface area contributed by atoms with Crippen molar-refractivity contribution in [3.63, 3.8) is 0 Å². The van der Waals surface area contributed by atoms with E-state index in [9.17, 15) is 9.59 Å². The highest BCUT2D eigenvalue weighted by molar-refractivity contribution is 5.91. The Kier molecular flexibility index (Phi) is 3.85. The minimum atomic E-state index is -0.227. The lowest BCUT2D eigenvalue weighted by molar-refractivity contribution is 0.0626. The number of nitrogens with zero attached hydrogens (tertiary/aromatic N) is 2. The van der Waals surface area contributed by atoms with Crippen LogP contribution in [-0.2, 0) is 4.74 Å². The highest BCUT2D eigenvalue weighted by atomic mass is 16.6. The predicted molar refractivity (Wildman–Crippen MR) is 79.8 cm³/mol. The third-order valence-corrected chi connectivity index (χ3v) is 4.56. The van der Waals surface area contributed by atoms with Gasteiger partial charge in [0.25, 0.3) is 5.91 Å². The Morgan fingerprint density at radius 3 is 2.45 bits per heavy atom. The molecule has 0 N–H and O–H groups in total. The van der Waals surface area contributed by atoms with E-state index in [1.165, 1.54) is 0 Å². The molecule has 0 aliphatic carbocycles. The molecule has 6 nitrogen and oxygen atoms in total. The molecule has 2 saturated heterocycles. The molecule has 6 heteroatoms. The smallest absolute Gasteiger partial charge is 0.410 e. The van der Waals surface area contributed by atoms with Crippen molar-refractivity contribution in [2.45, 2.75) is 45.8 Å². The second kappa shape index (κ2) is 5.66. The van der Waals surface area contributed by atoms with Crippen LogP contribution in [0.3, 0.4) is 0 Å². The zero-order valence-electron chi connectivity index (χ0n) is 13.3. The molecule has 22 heavy (non-hydrogen) atoms. The number of amides is 2. The van der Waals surface area contributed by atoms with Gasteiger partial charge in [-0.05, 0) is 45.2 Å². The van der Waals surface area contributed by atoms with Crippen LogP contribution in [0, 0.1) is 13.8 Å². The number of furan rings is 1. The number of hydrogen-bond acceptors (Lipinski definition) is 4. The quantitative estimate of drug-likeness (QED) is 0.841. The molecule has 120 valence electrons. The highest BCUT2D eigenvalue weighted by Gasteiger charge is 2.36. The van der Waals surface area contributed by atoms with Gasteiger partial charge in [-0.25, -0.2) is 4.79 Å². The molecule has 3 heterocycles. The van der Waals surface area contributed by atoms with E-state index in [0.717, 1.165) is 24.2 Å². The Balaban J connectivity index is 1.59. The summed E-state index contributed by atoms with van der Waals surface area (Å²) in [6.07, 6.45) is 1.30. The fourth-order valence-electron chi connectivity index (χ4n) is 3.14. The van der Waals surface area contributed by atoms with Crippen LogP contribution >= 0.6 is 0 Å². The number of likely N-dealkylation sites (tertiary alicyclic amines) is 1. The molecule has 2 fully saturated rings. The fraction of sp³-hybridized carbons (Fsp3) is 0.625. The predicted octanol–water partition coefficient (Wildman–Crippen LogP) is 2.34. The molecular formula is C16H22N2O4. The molecule has 2 aliphatic rings.